The van der Waals surface area contributed by atoms with E-state index < -0.39 is 0 Å². The van der Waals surface area contributed by atoms with E-state index >= 15 is 0 Å². The molecule has 1 aliphatic heterocycles. The fraction of sp³-hybridized carbons (Fsp3) is 0.429. The van der Waals surface area contributed by atoms with E-state index in [1.54, 1.807) is 6.26 Å². The van der Waals surface area contributed by atoms with Gasteiger partial charge in [-0.1, -0.05) is 50.2 Å². The van der Waals surface area contributed by atoms with E-state index in [1.165, 1.54) is 23.1 Å². The van der Waals surface area contributed by atoms with Crippen LogP contribution < -0.4 is 0 Å². The SMILES string of the molecule is Cc1ccc(Cl)cc1-n1c(SCc2nc(C(=O)N3CC4(C)CC3CC(C)(C)C4)cs2)nnc1-c1ccco1. The maximum absolute atomic E-state index is 13.5. The van der Waals surface area contributed by atoms with Gasteiger partial charge in [0, 0.05) is 23.0 Å². The second kappa shape index (κ2) is 9.54. The summed E-state index contributed by atoms with van der Waals surface area (Å²) in [4.78, 5) is 20.3. The molecule has 2 unspecified atom stereocenters. The maximum Gasteiger partial charge on any atom is 0.273 e. The molecule has 2 fully saturated rings. The van der Waals surface area contributed by atoms with Crippen LogP contribution in [0.3, 0.4) is 0 Å². The molecule has 1 saturated carbocycles. The highest BCUT2D eigenvalue weighted by Gasteiger charge is 2.51. The van der Waals surface area contributed by atoms with Gasteiger partial charge in [-0.3, -0.25) is 9.36 Å². The molecular formula is C28H30ClN5O2S2. The molecule has 2 aliphatic rings. The van der Waals surface area contributed by atoms with Crippen LogP contribution in [0.1, 0.15) is 61.1 Å². The van der Waals surface area contributed by atoms with Crippen LogP contribution >= 0.6 is 34.7 Å². The topological polar surface area (TPSA) is 77.1 Å². The van der Waals surface area contributed by atoms with Gasteiger partial charge in [0.1, 0.15) is 10.7 Å². The number of carbonyl (C=O) groups excluding carboxylic acids is 1. The summed E-state index contributed by atoms with van der Waals surface area (Å²) in [5, 5.41) is 13.0. The lowest BCUT2D eigenvalue weighted by Crippen LogP contribution is -2.37. The molecule has 6 rings (SSSR count). The molecule has 38 heavy (non-hydrogen) atoms. The zero-order valence-corrected chi connectivity index (χ0v) is 24.3. The van der Waals surface area contributed by atoms with Gasteiger partial charge in [0.25, 0.3) is 5.91 Å². The number of likely N-dealkylation sites (tertiary alicyclic amines) is 1. The molecule has 2 bridgehead atoms. The highest BCUT2D eigenvalue weighted by Crippen LogP contribution is 2.52. The van der Waals surface area contributed by atoms with E-state index in [4.69, 9.17) is 21.0 Å². The number of fused-ring (bicyclic) bond motifs is 2. The van der Waals surface area contributed by atoms with Crippen LogP contribution in [-0.2, 0) is 5.75 Å². The van der Waals surface area contributed by atoms with Gasteiger partial charge in [0.15, 0.2) is 10.9 Å². The number of aromatic nitrogens is 4. The second-order valence-electron chi connectivity index (χ2n) is 11.6. The van der Waals surface area contributed by atoms with Gasteiger partial charge >= 0.3 is 0 Å². The maximum atomic E-state index is 13.5. The number of halogens is 1. The van der Waals surface area contributed by atoms with Crippen molar-refractivity contribution in [3.63, 3.8) is 0 Å². The summed E-state index contributed by atoms with van der Waals surface area (Å²) in [5.74, 6) is 1.86. The Kier molecular flexibility index (Phi) is 6.44. The predicted octanol–water partition coefficient (Wildman–Crippen LogP) is 7.28. The minimum Gasteiger partial charge on any atom is -0.461 e. The highest BCUT2D eigenvalue weighted by molar-refractivity contribution is 7.98. The molecule has 1 saturated heterocycles. The van der Waals surface area contributed by atoms with Crippen molar-refractivity contribution in [2.45, 2.75) is 63.9 Å². The normalized spacial score (nSPS) is 22.2. The van der Waals surface area contributed by atoms with Crippen molar-refractivity contribution in [3.05, 3.63) is 63.3 Å². The van der Waals surface area contributed by atoms with Crippen molar-refractivity contribution in [1.29, 1.82) is 0 Å². The van der Waals surface area contributed by atoms with Gasteiger partial charge < -0.3 is 9.32 Å². The molecular weight excluding hydrogens is 538 g/mol. The first kappa shape index (κ1) is 25.6. The van der Waals surface area contributed by atoms with E-state index in [9.17, 15) is 4.79 Å². The first-order valence-corrected chi connectivity index (χ1v) is 15.0. The fourth-order valence-electron chi connectivity index (χ4n) is 6.42. The molecule has 10 heteroatoms. The monoisotopic (exact) mass is 567 g/mol. The Hall–Kier alpha value is -2.62. The predicted molar refractivity (Wildman–Crippen MR) is 151 cm³/mol. The van der Waals surface area contributed by atoms with Crippen molar-refractivity contribution in [2.24, 2.45) is 10.8 Å². The van der Waals surface area contributed by atoms with Gasteiger partial charge in [-0.2, -0.15) is 0 Å². The Balaban J connectivity index is 1.23. The van der Waals surface area contributed by atoms with Gasteiger partial charge in [-0.15, -0.1) is 21.5 Å². The third-order valence-electron chi connectivity index (χ3n) is 7.56. The Morgan fingerprint density at radius 3 is 2.87 bits per heavy atom. The lowest BCUT2D eigenvalue weighted by atomic mass is 9.65. The van der Waals surface area contributed by atoms with E-state index in [-0.39, 0.29) is 16.7 Å². The van der Waals surface area contributed by atoms with E-state index in [1.807, 2.05) is 47.2 Å². The molecule has 2 atom stereocenters. The number of hydrogen-bond donors (Lipinski definition) is 0. The number of nitrogens with zero attached hydrogens (tertiary/aromatic N) is 5. The summed E-state index contributed by atoms with van der Waals surface area (Å²) in [6, 6.07) is 9.75. The molecule has 1 aromatic carbocycles. The Morgan fingerprint density at radius 2 is 2.08 bits per heavy atom. The van der Waals surface area contributed by atoms with Crippen LogP contribution in [0.15, 0.2) is 51.5 Å². The number of aryl methyl sites for hydroxylation is 1. The first-order chi connectivity index (χ1) is 18.1. The minimum absolute atomic E-state index is 0.0572. The summed E-state index contributed by atoms with van der Waals surface area (Å²) in [5.41, 5.74) is 2.94. The lowest BCUT2D eigenvalue weighted by Gasteiger charge is -2.39. The van der Waals surface area contributed by atoms with E-state index in [2.05, 4.69) is 35.9 Å². The number of hydrogen-bond acceptors (Lipinski definition) is 7. The Bertz CT molecular complexity index is 1490. The van der Waals surface area contributed by atoms with Crippen LogP contribution in [0.2, 0.25) is 5.02 Å². The third kappa shape index (κ3) is 4.80. The van der Waals surface area contributed by atoms with Gasteiger partial charge in [-0.05, 0) is 66.8 Å². The van der Waals surface area contributed by atoms with E-state index in [0.29, 0.717) is 39.3 Å². The lowest BCUT2D eigenvalue weighted by molar-refractivity contribution is 0.0703. The molecule has 1 amide bonds. The number of thioether (sulfide) groups is 1. The largest absolute Gasteiger partial charge is 0.461 e. The van der Waals surface area contributed by atoms with Crippen molar-refractivity contribution in [2.75, 3.05) is 6.54 Å². The van der Waals surface area contributed by atoms with E-state index in [0.717, 1.165) is 42.1 Å². The van der Waals surface area contributed by atoms with Gasteiger partial charge in [0.2, 0.25) is 5.82 Å². The molecule has 4 aromatic rings. The number of amides is 1. The Labute approximate surface area is 235 Å². The zero-order chi connectivity index (χ0) is 26.7. The average Bonchev–Trinajstić information content (AvgIpc) is 3.64. The quantitative estimate of drug-likeness (QED) is 0.228. The highest BCUT2D eigenvalue weighted by atomic mass is 35.5. The molecule has 1 aliphatic carbocycles. The zero-order valence-electron chi connectivity index (χ0n) is 21.9. The van der Waals surface area contributed by atoms with Crippen molar-refractivity contribution >= 4 is 40.6 Å². The standard InChI is InChI=1S/C28H30ClN5O2S2/c1-17-7-8-18(29)10-21(17)34-24(22-6-5-9-36-22)31-32-26(34)38-14-23-30-20(13-37-23)25(35)33-16-28(4)12-19(33)11-27(2,3)15-28/h5-10,13,19H,11-12,14-16H2,1-4H3. The first-order valence-electron chi connectivity index (χ1n) is 12.7. The van der Waals surface area contributed by atoms with Crippen LogP contribution in [0.4, 0.5) is 0 Å². The second-order valence-corrected chi connectivity index (χ2v) is 13.9. The van der Waals surface area contributed by atoms with Crippen LogP contribution in [-0.4, -0.2) is 43.1 Å². The van der Waals surface area contributed by atoms with Gasteiger partial charge in [-0.25, -0.2) is 4.98 Å². The molecule has 4 heterocycles. The fourth-order valence-corrected chi connectivity index (χ4v) is 8.31. The third-order valence-corrected chi connectivity index (χ3v) is 9.77. The average molecular weight is 568 g/mol. The number of thiazole rings is 1. The molecule has 0 radical (unpaired) electrons. The van der Waals surface area contributed by atoms with Crippen LogP contribution in [0, 0.1) is 17.8 Å². The minimum atomic E-state index is 0.0572. The number of rotatable bonds is 6. The van der Waals surface area contributed by atoms with Crippen molar-refractivity contribution in [3.8, 4) is 17.3 Å². The van der Waals surface area contributed by atoms with Crippen molar-refractivity contribution in [1.82, 2.24) is 24.6 Å². The molecule has 0 N–H and O–H groups in total. The van der Waals surface area contributed by atoms with Crippen molar-refractivity contribution < 1.29 is 9.21 Å². The molecule has 3 aromatic heterocycles. The molecule has 198 valence electrons. The number of carbonyl (C=O) groups is 1. The van der Waals surface area contributed by atoms with Gasteiger partial charge in [0.05, 0.1) is 17.7 Å². The summed E-state index contributed by atoms with van der Waals surface area (Å²) in [6.45, 7) is 9.82. The molecule has 0 spiro atoms. The smallest absolute Gasteiger partial charge is 0.273 e. The van der Waals surface area contributed by atoms with Crippen LogP contribution in [0.25, 0.3) is 17.3 Å². The van der Waals surface area contributed by atoms with Crippen LogP contribution in [0.5, 0.6) is 0 Å². The summed E-state index contributed by atoms with van der Waals surface area (Å²) < 4.78 is 7.61. The summed E-state index contributed by atoms with van der Waals surface area (Å²) in [6.07, 6.45) is 4.92. The summed E-state index contributed by atoms with van der Waals surface area (Å²) in [7, 11) is 0. The number of furan rings is 1. The summed E-state index contributed by atoms with van der Waals surface area (Å²) >= 11 is 9.39. The number of benzene rings is 1. The Morgan fingerprint density at radius 1 is 1.24 bits per heavy atom. The molecule has 7 nitrogen and oxygen atoms in total.